The Morgan fingerprint density at radius 3 is 2.79 bits per heavy atom. The van der Waals surface area contributed by atoms with Crippen molar-refractivity contribution in [2.24, 2.45) is 7.05 Å². The van der Waals surface area contributed by atoms with Gasteiger partial charge in [-0.15, -0.1) is 0 Å². The van der Waals surface area contributed by atoms with Crippen molar-refractivity contribution < 1.29 is 14.7 Å². The van der Waals surface area contributed by atoms with Gasteiger partial charge in [0.1, 0.15) is 10.4 Å². The predicted molar refractivity (Wildman–Crippen MR) is 77.5 cm³/mol. The van der Waals surface area contributed by atoms with Crippen LogP contribution in [0.3, 0.4) is 0 Å². The van der Waals surface area contributed by atoms with Crippen molar-refractivity contribution in [1.82, 2.24) is 9.47 Å². The zero-order valence-corrected chi connectivity index (χ0v) is 12.0. The van der Waals surface area contributed by atoms with Gasteiger partial charge >= 0.3 is 5.97 Å². The van der Waals surface area contributed by atoms with Crippen LogP contribution in [-0.4, -0.2) is 36.8 Å². The van der Waals surface area contributed by atoms with E-state index in [1.807, 2.05) is 29.9 Å². The van der Waals surface area contributed by atoms with E-state index >= 15 is 0 Å². The van der Waals surface area contributed by atoms with Crippen LogP contribution in [0.1, 0.15) is 12.6 Å². The normalized spacial score (nSPS) is 19.3. The first-order valence-electron chi connectivity index (χ1n) is 5.53. The van der Waals surface area contributed by atoms with Crippen molar-refractivity contribution in [2.45, 2.75) is 13.0 Å². The number of thiocarbonyl (C=S) groups is 1. The van der Waals surface area contributed by atoms with Crippen molar-refractivity contribution in [3.8, 4) is 0 Å². The van der Waals surface area contributed by atoms with Gasteiger partial charge in [0.2, 0.25) is 0 Å². The number of aromatic nitrogens is 1. The number of thioether (sulfide) groups is 1. The highest BCUT2D eigenvalue weighted by atomic mass is 32.2. The first kappa shape index (κ1) is 13.8. The molecule has 0 aromatic carbocycles. The summed E-state index contributed by atoms with van der Waals surface area (Å²) in [6.07, 6.45) is 3.58. The molecule has 1 atom stereocenters. The van der Waals surface area contributed by atoms with E-state index in [-0.39, 0.29) is 10.2 Å². The minimum Gasteiger partial charge on any atom is -0.480 e. The number of carbonyl (C=O) groups is 2. The van der Waals surface area contributed by atoms with Crippen molar-refractivity contribution >= 4 is 46.3 Å². The molecular weight excluding hydrogens is 284 g/mol. The van der Waals surface area contributed by atoms with E-state index < -0.39 is 12.0 Å². The van der Waals surface area contributed by atoms with E-state index in [1.54, 1.807) is 6.08 Å². The number of aliphatic carboxylic acids is 1. The molecule has 1 amide bonds. The average Bonchev–Trinajstić information content (AvgIpc) is 2.85. The van der Waals surface area contributed by atoms with E-state index in [0.29, 0.717) is 4.91 Å². The Hall–Kier alpha value is -1.60. The number of hydrogen-bond donors (Lipinski definition) is 1. The van der Waals surface area contributed by atoms with Crippen molar-refractivity contribution in [3.63, 3.8) is 0 Å². The van der Waals surface area contributed by atoms with Gasteiger partial charge in [-0.05, 0) is 25.1 Å². The monoisotopic (exact) mass is 296 g/mol. The lowest BCUT2D eigenvalue weighted by Gasteiger charge is -2.18. The van der Waals surface area contributed by atoms with Crippen LogP contribution >= 0.6 is 24.0 Å². The zero-order chi connectivity index (χ0) is 14.2. The molecule has 100 valence electrons. The molecule has 19 heavy (non-hydrogen) atoms. The zero-order valence-electron chi connectivity index (χ0n) is 10.4. The molecule has 0 aliphatic carbocycles. The van der Waals surface area contributed by atoms with Crippen LogP contribution < -0.4 is 0 Å². The molecule has 1 aromatic rings. The van der Waals surface area contributed by atoms with Gasteiger partial charge in [-0.2, -0.15) is 0 Å². The maximum Gasteiger partial charge on any atom is 0.326 e. The molecular formula is C12H12N2O3S2. The maximum absolute atomic E-state index is 12.2. The fourth-order valence-corrected chi connectivity index (χ4v) is 3.09. The number of carboxylic acid groups (broad SMARTS) is 1. The Bertz CT molecular complexity index is 592. The summed E-state index contributed by atoms with van der Waals surface area (Å²) in [5.74, 6) is -1.43. The SMILES string of the molecule is C[C@H](C(=O)O)N1C(=O)/C(=C/c2cccn2C)SC1=S. The van der Waals surface area contributed by atoms with E-state index in [2.05, 4.69) is 0 Å². The minimum atomic E-state index is -1.07. The smallest absolute Gasteiger partial charge is 0.326 e. The third kappa shape index (κ3) is 2.57. The van der Waals surface area contributed by atoms with E-state index in [9.17, 15) is 9.59 Å². The lowest BCUT2D eigenvalue weighted by atomic mass is 10.3. The highest BCUT2D eigenvalue weighted by Gasteiger charge is 2.38. The molecule has 1 saturated heterocycles. The molecule has 0 spiro atoms. The van der Waals surface area contributed by atoms with E-state index in [0.717, 1.165) is 22.4 Å². The van der Waals surface area contributed by atoms with Crippen LogP contribution in [0.2, 0.25) is 0 Å². The Labute approximate surface area is 119 Å². The maximum atomic E-state index is 12.2. The molecule has 0 bridgehead atoms. The molecule has 1 aromatic heterocycles. The molecule has 0 radical (unpaired) electrons. The minimum absolute atomic E-state index is 0.278. The fraction of sp³-hybridized carbons (Fsp3) is 0.250. The number of rotatable bonds is 3. The highest BCUT2D eigenvalue weighted by Crippen LogP contribution is 2.33. The molecule has 1 fully saturated rings. The third-order valence-electron chi connectivity index (χ3n) is 2.83. The summed E-state index contributed by atoms with van der Waals surface area (Å²) in [6.45, 7) is 1.44. The lowest BCUT2D eigenvalue weighted by molar-refractivity contribution is -0.144. The Morgan fingerprint density at radius 2 is 2.26 bits per heavy atom. The molecule has 5 nitrogen and oxygen atoms in total. The molecule has 2 heterocycles. The highest BCUT2D eigenvalue weighted by molar-refractivity contribution is 8.26. The molecule has 0 saturated carbocycles. The second kappa shape index (κ2) is 5.18. The summed E-state index contributed by atoms with van der Waals surface area (Å²) in [5, 5.41) is 8.98. The molecule has 2 rings (SSSR count). The van der Waals surface area contributed by atoms with Gasteiger partial charge in [0, 0.05) is 18.9 Å². The predicted octanol–water partition coefficient (Wildman–Crippen LogP) is 1.70. The Morgan fingerprint density at radius 1 is 1.58 bits per heavy atom. The Kier molecular flexibility index (Phi) is 3.77. The van der Waals surface area contributed by atoms with Crippen molar-refractivity contribution in [3.05, 3.63) is 28.9 Å². The molecule has 0 unspecified atom stereocenters. The topological polar surface area (TPSA) is 62.5 Å². The molecule has 1 aliphatic rings. The number of aryl methyl sites for hydroxylation is 1. The van der Waals surface area contributed by atoms with Crippen LogP contribution in [0, 0.1) is 0 Å². The van der Waals surface area contributed by atoms with Crippen LogP contribution in [-0.2, 0) is 16.6 Å². The van der Waals surface area contributed by atoms with Crippen LogP contribution in [0.25, 0.3) is 6.08 Å². The second-order valence-electron chi connectivity index (χ2n) is 4.11. The number of hydrogen-bond acceptors (Lipinski definition) is 4. The summed E-state index contributed by atoms with van der Waals surface area (Å²) >= 11 is 6.20. The Balaban J connectivity index is 2.31. The summed E-state index contributed by atoms with van der Waals surface area (Å²) in [7, 11) is 1.87. The van der Waals surface area contributed by atoms with Crippen molar-refractivity contribution in [2.75, 3.05) is 0 Å². The number of amides is 1. The van der Waals surface area contributed by atoms with Crippen LogP contribution in [0.15, 0.2) is 23.2 Å². The number of carboxylic acids is 1. The molecule has 1 aliphatic heterocycles. The van der Waals surface area contributed by atoms with Gasteiger partial charge in [-0.25, -0.2) is 4.79 Å². The van der Waals surface area contributed by atoms with Gasteiger partial charge < -0.3 is 9.67 Å². The van der Waals surface area contributed by atoms with E-state index in [1.165, 1.54) is 6.92 Å². The van der Waals surface area contributed by atoms with Gasteiger partial charge in [0.15, 0.2) is 0 Å². The summed E-state index contributed by atoms with van der Waals surface area (Å²) in [4.78, 5) is 24.7. The largest absolute Gasteiger partial charge is 0.480 e. The lowest BCUT2D eigenvalue weighted by Crippen LogP contribution is -2.41. The standard InChI is InChI=1S/C12H12N2O3S2/c1-7(11(16)17)14-10(15)9(19-12(14)18)6-8-4-3-5-13(8)2/h3-7H,1-2H3,(H,16,17)/b9-6-/t7-/m1/s1. The first-order chi connectivity index (χ1) is 8.91. The first-order valence-corrected chi connectivity index (χ1v) is 6.75. The summed E-state index contributed by atoms with van der Waals surface area (Å²) in [5.41, 5.74) is 0.864. The number of nitrogens with zero attached hydrogens (tertiary/aromatic N) is 2. The molecule has 1 N–H and O–H groups in total. The van der Waals surface area contributed by atoms with Crippen LogP contribution in [0.4, 0.5) is 0 Å². The third-order valence-corrected chi connectivity index (χ3v) is 4.16. The van der Waals surface area contributed by atoms with Gasteiger partial charge in [-0.1, -0.05) is 24.0 Å². The average molecular weight is 296 g/mol. The number of carbonyl (C=O) groups excluding carboxylic acids is 1. The van der Waals surface area contributed by atoms with Crippen molar-refractivity contribution in [1.29, 1.82) is 0 Å². The quantitative estimate of drug-likeness (QED) is 0.679. The fourth-order valence-electron chi connectivity index (χ4n) is 1.68. The molecule has 7 heteroatoms. The van der Waals surface area contributed by atoms with Gasteiger partial charge in [0.05, 0.1) is 4.91 Å². The van der Waals surface area contributed by atoms with E-state index in [4.69, 9.17) is 17.3 Å². The van der Waals surface area contributed by atoms with Crippen LogP contribution in [0.5, 0.6) is 0 Å². The summed E-state index contributed by atoms with van der Waals surface area (Å²) < 4.78 is 2.15. The van der Waals surface area contributed by atoms with Gasteiger partial charge in [-0.3, -0.25) is 9.69 Å². The second-order valence-corrected chi connectivity index (χ2v) is 5.79. The van der Waals surface area contributed by atoms with Gasteiger partial charge in [0.25, 0.3) is 5.91 Å². The summed E-state index contributed by atoms with van der Waals surface area (Å²) in [6, 6.07) is 2.78.